The molecule has 5 atom stereocenters. The maximum absolute atomic E-state index is 10.6. The number of aliphatic hydroxyl groups excluding tert-OH is 1. The third-order valence-corrected chi connectivity index (χ3v) is 7.25. The zero-order valence-electron chi connectivity index (χ0n) is 17.5. The molecule has 2 fully saturated rings. The van der Waals surface area contributed by atoms with Crippen molar-refractivity contribution in [3.63, 3.8) is 0 Å². The molecule has 0 bridgehead atoms. The Hall–Kier alpha value is -0.380. The Labute approximate surface area is 161 Å². The second-order valence-corrected chi connectivity index (χ2v) is 9.28. The third-order valence-electron chi connectivity index (χ3n) is 7.25. The van der Waals surface area contributed by atoms with Crippen LogP contribution in [0.2, 0.25) is 0 Å². The van der Waals surface area contributed by atoms with Gasteiger partial charge in [-0.2, -0.15) is 0 Å². The van der Waals surface area contributed by atoms with Gasteiger partial charge in [-0.3, -0.25) is 0 Å². The minimum atomic E-state index is -0.659. The first-order valence-corrected chi connectivity index (χ1v) is 11.0. The molecule has 0 radical (unpaired) electrons. The van der Waals surface area contributed by atoms with E-state index in [-0.39, 0.29) is 6.10 Å². The molecular weight excluding hydrogens is 324 g/mol. The van der Waals surface area contributed by atoms with E-state index in [1.54, 1.807) is 0 Å². The maximum atomic E-state index is 10.6. The first-order chi connectivity index (χ1) is 12.4. The number of rotatable bonds is 10. The second-order valence-electron chi connectivity index (χ2n) is 9.28. The minimum absolute atomic E-state index is 0.0897. The molecule has 0 aromatic heterocycles. The van der Waals surface area contributed by atoms with Crippen molar-refractivity contribution in [3.8, 4) is 0 Å². The van der Waals surface area contributed by atoms with E-state index < -0.39 is 5.60 Å². The van der Waals surface area contributed by atoms with Crippen LogP contribution in [-0.4, -0.2) is 35.1 Å². The summed E-state index contributed by atoms with van der Waals surface area (Å²) in [7, 11) is 0. The van der Waals surface area contributed by atoms with Crippen molar-refractivity contribution in [2.24, 2.45) is 23.2 Å². The SMILES string of the molecule is CCCC(O)(CCC)COCC=CC(C)[C@H]1CC[C@@H]2[C@H](O)CCC[C@@]12C. The van der Waals surface area contributed by atoms with Crippen LogP contribution in [0.5, 0.6) is 0 Å². The zero-order valence-corrected chi connectivity index (χ0v) is 17.5. The highest BCUT2D eigenvalue weighted by molar-refractivity contribution is 5.05. The highest BCUT2D eigenvalue weighted by Crippen LogP contribution is 2.57. The number of fused-ring (bicyclic) bond motifs is 1. The van der Waals surface area contributed by atoms with Crippen LogP contribution in [0.4, 0.5) is 0 Å². The summed E-state index contributed by atoms with van der Waals surface area (Å²) in [5.74, 6) is 1.67. The Morgan fingerprint density at radius 3 is 2.54 bits per heavy atom. The van der Waals surface area contributed by atoms with E-state index in [4.69, 9.17) is 4.74 Å². The summed E-state index contributed by atoms with van der Waals surface area (Å²) in [6, 6.07) is 0. The fourth-order valence-electron chi connectivity index (χ4n) is 5.97. The highest BCUT2D eigenvalue weighted by atomic mass is 16.5. The lowest BCUT2D eigenvalue weighted by Gasteiger charge is -2.44. The standard InChI is InChI=1S/C23H42O3/c1-5-13-23(25,14-6-2)17-26-16-8-9-18(3)19-11-12-20-21(24)10-7-15-22(19,20)4/h8-9,18-21,24-25H,5-7,10-17H2,1-4H3/t18?,19-,20-,21-,22+/m1/s1. The van der Waals surface area contributed by atoms with E-state index in [1.807, 2.05) is 0 Å². The van der Waals surface area contributed by atoms with Crippen molar-refractivity contribution in [2.45, 2.75) is 97.2 Å². The van der Waals surface area contributed by atoms with Crippen molar-refractivity contribution < 1.29 is 14.9 Å². The van der Waals surface area contributed by atoms with Crippen molar-refractivity contribution >= 4 is 0 Å². The Morgan fingerprint density at radius 2 is 1.88 bits per heavy atom. The molecular formula is C23H42O3. The van der Waals surface area contributed by atoms with Crippen molar-refractivity contribution in [3.05, 3.63) is 12.2 Å². The van der Waals surface area contributed by atoms with E-state index in [1.165, 1.54) is 19.3 Å². The van der Waals surface area contributed by atoms with Crippen LogP contribution in [0.1, 0.15) is 85.5 Å². The van der Waals surface area contributed by atoms with Crippen LogP contribution in [-0.2, 0) is 4.74 Å². The van der Waals surface area contributed by atoms with Crippen LogP contribution in [0, 0.1) is 23.2 Å². The average molecular weight is 367 g/mol. The maximum Gasteiger partial charge on any atom is 0.0880 e. The summed E-state index contributed by atoms with van der Waals surface area (Å²) in [5.41, 5.74) is -0.363. The molecule has 152 valence electrons. The van der Waals surface area contributed by atoms with Gasteiger partial charge in [0.2, 0.25) is 0 Å². The first kappa shape index (κ1) is 21.9. The Morgan fingerprint density at radius 1 is 1.19 bits per heavy atom. The molecule has 3 heteroatoms. The second kappa shape index (κ2) is 9.71. The van der Waals surface area contributed by atoms with Gasteiger partial charge in [-0.1, -0.05) is 59.1 Å². The molecule has 0 aromatic carbocycles. The van der Waals surface area contributed by atoms with Gasteiger partial charge in [0.1, 0.15) is 0 Å². The fourth-order valence-corrected chi connectivity index (χ4v) is 5.97. The predicted molar refractivity (Wildman–Crippen MR) is 108 cm³/mol. The Balaban J connectivity index is 1.81. The number of allylic oxidation sites excluding steroid dienone is 1. The Kier molecular flexibility index (Phi) is 8.18. The third kappa shape index (κ3) is 5.11. The van der Waals surface area contributed by atoms with Gasteiger partial charge in [0.15, 0.2) is 0 Å². The fraction of sp³-hybridized carbons (Fsp3) is 0.913. The summed E-state index contributed by atoms with van der Waals surface area (Å²) in [6.07, 6.45) is 13.8. The molecule has 2 rings (SSSR count). The quantitative estimate of drug-likeness (QED) is 0.417. The largest absolute Gasteiger partial charge is 0.393 e. The van der Waals surface area contributed by atoms with Crippen molar-refractivity contribution in [2.75, 3.05) is 13.2 Å². The summed E-state index contributed by atoms with van der Waals surface area (Å²) in [5, 5.41) is 21.0. The van der Waals surface area contributed by atoms with Crippen LogP contribution < -0.4 is 0 Å². The van der Waals surface area contributed by atoms with Gasteiger partial charge in [0, 0.05) is 0 Å². The molecule has 0 aliphatic heterocycles. The lowest BCUT2D eigenvalue weighted by atomic mass is 9.62. The van der Waals surface area contributed by atoms with E-state index in [9.17, 15) is 10.2 Å². The van der Waals surface area contributed by atoms with Crippen LogP contribution in [0.15, 0.2) is 12.2 Å². The first-order valence-electron chi connectivity index (χ1n) is 11.0. The molecule has 2 aliphatic rings. The molecule has 26 heavy (non-hydrogen) atoms. The molecule has 0 amide bonds. The number of hydrogen-bond donors (Lipinski definition) is 2. The summed E-state index contributed by atoms with van der Waals surface area (Å²) < 4.78 is 5.79. The minimum Gasteiger partial charge on any atom is -0.393 e. The van der Waals surface area contributed by atoms with Crippen LogP contribution >= 0.6 is 0 Å². The molecule has 3 nitrogen and oxygen atoms in total. The van der Waals surface area contributed by atoms with Crippen molar-refractivity contribution in [1.29, 1.82) is 0 Å². The van der Waals surface area contributed by atoms with Crippen molar-refractivity contribution in [1.82, 2.24) is 0 Å². The van der Waals surface area contributed by atoms with E-state index in [0.29, 0.717) is 36.4 Å². The van der Waals surface area contributed by atoms with Gasteiger partial charge in [-0.05, 0) is 61.7 Å². The van der Waals surface area contributed by atoms with Gasteiger partial charge in [0.05, 0.1) is 24.9 Å². The van der Waals surface area contributed by atoms with Crippen LogP contribution in [0.3, 0.4) is 0 Å². The molecule has 2 saturated carbocycles. The summed E-state index contributed by atoms with van der Waals surface area (Å²) in [6.45, 7) is 9.96. The molecule has 2 N–H and O–H groups in total. The lowest BCUT2D eigenvalue weighted by Crippen LogP contribution is -2.41. The summed E-state index contributed by atoms with van der Waals surface area (Å²) in [4.78, 5) is 0. The predicted octanol–water partition coefficient (Wildman–Crippen LogP) is 5.10. The molecule has 2 aliphatic carbocycles. The van der Waals surface area contributed by atoms with E-state index in [0.717, 1.165) is 38.5 Å². The molecule has 0 spiro atoms. The lowest BCUT2D eigenvalue weighted by molar-refractivity contribution is -0.0518. The molecule has 1 unspecified atom stereocenters. The number of aliphatic hydroxyl groups is 2. The molecule has 0 saturated heterocycles. The van der Waals surface area contributed by atoms with Gasteiger partial charge in [-0.25, -0.2) is 0 Å². The zero-order chi connectivity index (χ0) is 19.2. The van der Waals surface area contributed by atoms with Gasteiger partial charge >= 0.3 is 0 Å². The van der Waals surface area contributed by atoms with Gasteiger partial charge < -0.3 is 14.9 Å². The van der Waals surface area contributed by atoms with Gasteiger partial charge in [0.25, 0.3) is 0 Å². The van der Waals surface area contributed by atoms with Gasteiger partial charge in [-0.15, -0.1) is 0 Å². The van der Waals surface area contributed by atoms with Crippen LogP contribution in [0.25, 0.3) is 0 Å². The smallest absolute Gasteiger partial charge is 0.0880 e. The van der Waals surface area contributed by atoms with E-state index in [2.05, 4.69) is 39.8 Å². The number of ether oxygens (including phenoxy) is 1. The monoisotopic (exact) mass is 366 g/mol. The average Bonchev–Trinajstić information content (AvgIpc) is 2.93. The topological polar surface area (TPSA) is 49.7 Å². The normalized spacial score (nSPS) is 33.5. The molecule has 0 aromatic rings. The highest BCUT2D eigenvalue weighted by Gasteiger charge is 2.51. The molecule has 0 heterocycles. The Bertz CT molecular complexity index is 441. The summed E-state index contributed by atoms with van der Waals surface area (Å²) >= 11 is 0. The number of hydrogen-bond acceptors (Lipinski definition) is 3. The van der Waals surface area contributed by atoms with E-state index >= 15 is 0 Å².